The van der Waals surface area contributed by atoms with Gasteiger partial charge in [-0.25, -0.2) is 4.79 Å². The van der Waals surface area contributed by atoms with Crippen molar-refractivity contribution in [3.05, 3.63) is 46.3 Å². The van der Waals surface area contributed by atoms with Gasteiger partial charge in [0.05, 0.1) is 31.4 Å². The van der Waals surface area contributed by atoms with Gasteiger partial charge in [-0.3, -0.25) is 5.10 Å². The summed E-state index contributed by atoms with van der Waals surface area (Å²) in [6.45, 7) is 2.15. The van der Waals surface area contributed by atoms with Crippen LogP contribution in [0.1, 0.15) is 22.7 Å². The smallest absolute Gasteiger partial charge is 0.337 e. The number of esters is 1. The Labute approximate surface area is 138 Å². The molecule has 0 amide bonds. The Hall–Kier alpha value is -2.96. The van der Waals surface area contributed by atoms with E-state index in [0.717, 1.165) is 22.5 Å². The lowest BCUT2D eigenvalue weighted by Crippen LogP contribution is -2.20. The molecule has 7 heteroatoms. The summed E-state index contributed by atoms with van der Waals surface area (Å²) < 4.78 is 16.2. The van der Waals surface area contributed by atoms with Crippen molar-refractivity contribution in [3.8, 4) is 11.5 Å². The van der Waals surface area contributed by atoms with E-state index in [0.29, 0.717) is 22.9 Å². The van der Waals surface area contributed by atoms with E-state index in [9.17, 15) is 4.79 Å². The fourth-order valence-corrected chi connectivity index (χ4v) is 3.44. The molecule has 0 spiro atoms. The third-order valence-corrected chi connectivity index (χ3v) is 4.48. The van der Waals surface area contributed by atoms with E-state index in [4.69, 9.17) is 14.2 Å². The molecule has 2 aliphatic heterocycles. The second-order valence-corrected chi connectivity index (χ2v) is 5.72. The fraction of sp³-hybridized carbons (Fsp3) is 0.294. The maximum Gasteiger partial charge on any atom is 0.337 e. The molecule has 0 bridgehead atoms. The van der Waals surface area contributed by atoms with Crippen molar-refractivity contribution >= 4 is 11.8 Å². The Morgan fingerprint density at radius 1 is 1.29 bits per heavy atom. The molecule has 1 atom stereocenters. The van der Waals surface area contributed by atoms with Gasteiger partial charge in [0.15, 0.2) is 17.3 Å². The summed E-state index contributed by atoms with van der Waals surface area (Å²) in [7, 11) is 3.18. The van der Waals surface area contributed by atoms with E-state index in [1.54, 1.807) is 14.2 Å². The zero-order valence-corrected chi connectivity index (χ0v) is 13.6. The van der Waals surface area contributed by atoms with Crippen LogP contribution in [0, 0.1) is 6.92 Å². The average molecular weight is 327 g/mol. The first-order valence-corrected chi connectivity index (χ1v) is 7.58. The molecule has 0 saturated carbocycles. The molecule has 7 nitrogen and oxygen atoms in total. The van der Waals surface area contributed by atoms with E-state index in [2.05, 4.69) is 15.5 Å². The number of para-hydroxylation sites is 1. The largest absolute Gasteiger partial charge is 0.493 e. The summed E-state index contributed by atoms with van der Waals surface area (Å²) in [5.74, 6) is 1.28. The van der Waals surface area contributed by atoms with Crippen molar-refractivity contribution in [3.63, 3.8) is 0 Å². The van der Waals surface area contributed by atoms with Crippen LogP contribution in [0.3, 0.4) is 0 Å². The normalized spacial score (nSPS) is 18.6. The number of nitrogens with zero attached hydrogens (tertiary/aromatic N) is 1. The van der Waals surface area contributed by atoms with Gasteiger partial charge in [-0.2, -0.15) is 5.10 Å². The highest BCUT2D eigenvalue weighted by molar-refractivity contribution is 5.97. The Bertz CT molecular complexity index is 869. The summed E-state index contributed by atoms with van der Waals surface area (Å²) in [5.41, 5.74) is 3.99. The van der Waals surface area contributed by atoms with Gasteiger partial charge in [0.2, 0.25) is 0 Å². The Kier molecular flexibility index (Phi) is 3.23. The second-order valence-electron chi connectivity index (χ2n) is 5.72. The molecule has 2 aromatic rings. The van der Waals surface area contributed by atoms with Crippen LogP contribution in [-0.4, -0.2) is 37.0 Å². The van der Waals surface area contributed by atoms with Crippen molar-refractivity contribution in [2.24, 2.45) is 0 Å². The molecule has 4 rings (SSSR count). The highest BCUT2D eigenvalue weighted by atomic mass is 16.5. The number of aryl methyl sites for hydroxylation is 1. The van der Waals surface area contributed by atoms with Crippen LogP contribution in [-0.2, 0) is 9.53 Å². The number of nitrogens with one attached hydrogen (secondary N) is 2. The number of aromatic amines is 1. The number of rotatable bonds is 3. The van der Waals surface area contributed by atoms with E-state index in [1.165, 1.54) is 0 Å². The van der Waals surface area contributed by atoms with E-state index in [-0.39, 0.29) is 18.5 Å². The number of ether oxygens (including phenoxy) is 3. The maximum absolute atomic E-state index is 12.4. The number of H-pyrrole nitrogens is 1. The minimum atomic E-state index is -0.324. The average Bonchev–Trinajstić information content (AvgIpc) is 3.16. The molecule has 24 heavy (non-hydrogen) atoms. The molecule has 0 radical (unpaired) electrons. The minimum Gasteiger partial charge on any atom is -0.493 e. The molecule has 1 aromatic heterocycles. The lowest BCUT2D eigenvalue weighted by Gasteiger charge is -2.26. The quantitative estimate of drug-likeness (QED) is 0.840. The number of aromatic nitrogens is 2. The third kappa shape index (κ3) is 1.90. The predicted molar refractivity (Wildman–Crippen MR) is 86.3 cm³/mol. The molecule has 2 aliphatic rings. The van der Waals surface area contributed by atoms with Crippen LogP contribution in [0.2, 0.25) is 0 Å². The van der Waals surface area contributed by atoms with Crippen LogP contribution in [0.25, 0.3) is 0 Å². The van der Waals surface area contributed by atoms with Gasteiger partial charge in [0.1, 0.15) is 6.61 Å². The van der Waals surface area contributed by atoms with Gasteiger partial charge in [0.25, 0.3) is 0 Å². The van der Waals surface area contributed by atoms with Crippen LogP contribution in [0.5, 0.6) is 11.5 Å². The number of carbonyl (C=O) groups is 1. The molecular weight excluding hydrogens is 310 g/mol. The molecule has 124 valence electrons. The molecule has 1 aromatic carbocycles. The number of fused-ring (bicyclic) bond motifs is 1. The number of methoxy groups -OCH3 is 2. The van der Waals surface area contributed by atoms with Gasteiger partial charge in [-0.05, 0) is 13.0 Å². The van der Waals surface area contributed by atoms with E-state index < -0.39 is 0 Å². The van der Waals surface area contributed by atoms with Gasteiger partial charge >= 0.3 is 5.97 Å². The summed E-state index contributed by atoms with van der Waals surface area (Å²) in [5, 5.41) is 10.5. The number of benzene rings is 1. The van der Waals surface area contributed by atoms with Gasteiger partial charge in [-0.1, -0.05) is 12.1 Å². The summed E-state index contributed by atoms with van der Waals surface area (Å²) >= 11 is 0. The SMILES string of the molecule is COc1cccc(C2C3=C(COC3=O)Nc3n[nH]c(C)c32)c1OC. The molecule has 1 unspecified atom stereocenters. The number of carbonyl (C=O) groups excluding carboxylic acids is 1. The fourth-order valence-electron chi connectivity index (χ4n) is 3.44. The van der Waals surface area contributed by atoms with E-state index >= 15 is 0 Å². The monoisotopic (exact) mass is 327 g/mol. The molecule has 3 heterocycles. The Morgan fingerprint density at radius 3 is 2.88 bits per heavy atom. The highest BCUT2D eigenvalue weighted by Gasteiger charge is 2.42. The first-order valence-electron chi connectivity index (χ1n) is 7.58. The van der Waals surface area contributed by atoms with Gasteiger partial charge < -0.3 is 19.5 Å². The summed E-state index contributed by atoms with van der Waals surface area (Å²) in [6, 6.07) is 5.65. The number of hydrogen-bond donors (Lipinski definition) is 2. The zero-order valence-electron chi connectivity index (χ0n) is 13.6. The first kappa shape index (κ1) is 14.6. The predicted octanol–water partition coefficient (Wildman–Crippen LogP) is 2.10. The number of anilines is 1. The van der Waals surface area contributed by atoms with Crippen molar-refractivity contribution in [2.45, 2.75) is 12.8 Å². The molecule has 0 aliphatic carbocycles. The van der Waals surface area contributed by atoms with Crippen molar-refractivity contribution in [1.82, 2.24) is 10.2 Å². The van der Waals surface area contributed by atoms with Crippen LogP contribution >= 0.6 is 0 Å². The van der Waals surface area contributed by atoms with Crippen LogP contribution in [0.4, 0.5) is 5.82 Å². The van der Waals surface area contributed by atoms with E-state index in [1.807, 2.05) is 25.1 Å². The lowest BCUT2D eigenvalue weighted by molar-refractivity contribution is -0.136. The zero-order chi connectivity index (χ0) is 16.8. The first-order chi connectivity index (χ1) is 11.7. The van der Waals surface area contributed by atoms with Crippen molar-refractivity contribution in [1.29, 1.82) is 0 Å². The Morgan fingerprint density at radius 2 is 2.12 bits per heavy atom. The molecule has 0 fully saturated rings. The summed E-state index contributed by atoms with van der Waals surface area (Å²) in [6.07, 6.45) is 0. The topological polar surface area (TPSA) is 85.5 Å². The van der Waals surface area contributed by atoms with Gasteiger partial charge in [-0.15, -0.1) is 0 Å². The van der Waals surface area contributed by atoms with Crippen LogP contribution in [0.15, 0.2) is 29.5 Å². The standard InChI is InChI=1S/C17H17N3O4/c1-8-12-13(9-5-4-6-11(22-2)15(9)23-3)14-10(7-24-17(14)21)18-16(12)20-19-8/h4-6,13H,7H2,1-3H3,(H2,18,19,20). The lowest BCUT2D eigenvalue weighted by atomic mass is 9.81. The summed E-state index contributed by atoms with van der Waals surface area (Å²) in [4.78, 5) is 12.4. The molecule has 2 N–H and O–H groups in total. The van der Waals surface area contributed by atoms with Crippen molar-refractivity contribution in [2.75, 3.05) is 26.1 Å². The molecular formula is C17H17N3O4. The Balaban J connectivity index is 1.99. The molecule has 0 saturated heterocycles. The minimum absolute atomic E-state index is 0.225. The number of cyclic esters (lactones) is 1. The third-order valence-electron chi connectivity index (χ3n) is 4.48. The second kappa shape index (κ2) is 5.30. The van der Waals surface area contributed by atoms with Crippen molar-refractivity contribution < 1.29 is 19.0 Å². The highest BCUT2D eigenvalue weighted by Crippen LogP contribution is 2.48. The van der Waals surface area contributed by atoms with Crippen LogP contribution < -0.4 is 14.8 Å². The maximum atomic E-state index is 12.4. The van der Waals surface area contributed by atoms with Gasteiger partial charge in [0, 0.05) is 16.8 Å². The number of hydrogen-bond acceptors (Lipinski definition) is 6.